The van der Waals surface area contributed by atoms with Gasteiger partial charge in [-0.1, -0.05) is 24.3 Å². The highest BCUT2D eigenvalue weighted by Crippen LogP contribution is 2.21. The van der Waals surface area contributed by atoms with Gasteiger partial charge >= 0.3 is 5.97 Å². The number of sulfonamides is 1. The van der Waals surface area contributed by atoms with Gasteiger partial charge in [-0.3, -0.25) is 9.52 Å². The minimum Gasteiger partial charge on any atom is -0.465 e. The largest absolute Gasteiger partial charge is 0.465 e. The van der Waals surface area contributed by atoms with Gasteiger partial charge in [-0.05, 0) is 67.4 Å². The fraction of sp³-hybridized carbons (Fsp3) is 0.130. The number of carbonyl (C=O) groups is 2. The number of rotatable bonds is 6. The van der Waals surface area contributed by atoms with Gasteiger partial charge in [0.05, 0.1) is 17.6 Å². The molecule has 0 aromatic heterocycles. The molecule has 7 nitrogen and oxygen atoms in total. The summed E-state index contributed by atoms with van der Waals surface area (Å²) in [4.78, 5) is 24.5. The molecule has 31 heavy (non-hydrogen) atoms. The van der Waals surface area contributed by atoms with E-state index in [4.69, 9.17) is 4.74 Å². The first kappa shape index (κ1) is 22.0. The van der Waals surface area contributed by atoms with Crippen molar-refractivity contribution in [3.63, 3.8) is 0 Å². The van der Waals surface area contributed by atoms with Gasteiger partial charge in [0.15, 0.2) is 0 Å². The number of carbonyl (C=O) groups excluding carboxylic acids is 2. The number of methoxy groups -OCH3 is 1. The number of ether oxygens (including phenoxy) is 1. The Bertz CT molecular complexity index is 1250. The van der Waals surface area contributed by atoms with Gasteiger partial charge in [-0.15, -0.1) is 0 Å². The van der Waals surface area contributed by atoms with Gasteiger partial charge in [-0.2, -0.15) is 0 Å². The number of hydrogen-bond donors (Lipinski definition) is 2. The summed E-state index contributed by atoms with van der Waals surface area (Å²) in [5, 5.41) is 2.72. The van der Waals surface area contributed by atoms with Crippen molar-refractivity contribution in [2.45, 2.75) is 18.7 Å². The lowest BCUT2D eigenvalue weighted by Gasteiger charge is -2.12. The summed E-state index contributed by atoms with van der Waals surface area (Å²) in [7, 11) is -2.60. The van der Waals surface area contributed by atoms with Gasteiger partial charge in [-0.25, -0.2) is 13.2 Å². The van der Waals surface area contributed by atoms with Crippen LogP contribution in [0.15, 0.2) is 71.6 Å². The Morgan fingerprint density at radius 1 is 0.871 bits per heavy atom. The fourth-order valence-electron chi connectivity index (χ4n) is 2.92. The van der Waals surface area contributed by atoms with Crippen molar-refractivity contribution in [2.24, 2.45) is 0 Å². The monoisotopic (exact) mass is 438 g/mol. The van der Waals surface area contributed by atoms with Crippen LogP contribution in [-0.2, 0) is 14.8 Å². The molecule has 0 radical (unpaired) electrons. The first-order chi connectivity index (χ1) is 14.7. The molecular weight excluding hydrogens is 416 g/mol. The van der Waals surface area contributed by atoms with Crippen molar-refractivity contribution >= 4 is 33.3 Å². The number of benzene rings is 3. The molecule has 0 atom stereocenters. The molecule has 3 aromatic rings. The fourth-order valence-corrected chi connectivity index (χ4v) is 4.02. The summed E-state index contributed by atoms with van der Waals surface area (Å²) in [6.07, 6.45) is 0. The van der Waals surface area contributed by atoms with Crippen molar-refractivity contribution in [3.05, 3.63) is 89.0 Å². The summed E-state index contributed by atoms with van der Waals surface area (Å²) in [6.45, 7) is 3.64. The van der Waals surface area contributed by atoms with Crippen molar-refractivity contribution in [2.75, 3.05) is 17.1 Å². The van der Waals surface area contributed by atoms with Crippen molar-refractivity contribution in [1.29, 1.82) is 0 Å². The van der Waals surface area contributed by atoms with E-state index in [0.29, 0.717) is 16.9 Å². The highest BCUT2D eigenvalue weighted by molar-refractivity contribution is 7.92. The van der Waals surface area contributed by atoms with Gasteiger partial charge < -0.3 is 10.1 Å². The normalized spacial score (nSPS) is 10.9. The predicted molar refractivity (Wildman–Crippen MR) is 119 cm³/mol. The summed E-state index contributed by atoms with van der Waals surface area (Å²) >= 11 is 0. The topological polar surface area (TPSA) is 102 Å². The lowest BCUT2D eigenvalue weighted by atomic mass is 10.1. The van der Waals surface area contributed by atoms with E-state index in [1.54, 1.807) is 37.3 Å². The van der Waals surface area contributed by atoms with Crippen LogP contribution in [0.2, 0.25) is 0 Å². The number of hydrogen-bond acceptors (Lipinski definition) is 5. The Hall–Kier alpha value is -3.65. The van der Waals surface area contributed by atoms with Crippen LogP contribution in [0.4, 0.5) is 11.4 Å². The highest BCUT2D eigenvalue weighted by Gasteiger charge is 2.17. The van der Waals surface area contributed by atoms with Crippen LogP contribution >= 0.6 is 0 Å². The highest BCUT2D eigenvalue weighted by atomic mass is 32.2. The van der Waals surface area contributed by atoms with E-state index in [1.807, 2.05) is 13.0 Å². The molecule has 2 N–H and O–H groups in total. The van der Waals surface area contributed by atoms with Crippen LogP contribution in [0, 0.1) is 13.8 Å². The van der Waals surface area contributed by atoms with E-state index in [2.05, 4.69) is 10.0 Å². The molecule has 3 rings (SSSR count). The quantitative estimate of drug-likeness (QED) is 0.563. The predicted octanol–water partition coefficient (Wildman–Crippen LogP) is 4.14. The van der Waals surface area contributed by atoms with E-state index >= 15 is 0 Å². The molecule has 3 aromatic carbocycles. The molecule has 0 aliphatic rings. The van der Waals surface area contributed by atoms with E-state index in [1.165, 1.54) is 37.4 Å². The van der Waals surface area contributed by atoms with Crippen molar-refractivity contribution in [3.8, 4) is 0 Å². The molecule has 0 aliphatic heterocycles. The van der Waals surface area contributed by atoms with Gasteiger partial charge in [0.2, 0.25) is 0 Å². The number of esters is 1. The third-order valence-electron chi connectivity index (χ3n) is 4.58. The van der Waals surface area contributed by atoms with E-state index in [0.717, 1.165) is 11.1 Å². The third-order valence-corrected chi connectivity index (χ3v) is 5.96. The zero-order valence-electron chi connectivity index (χ0n) is 17.3. The molecule has 0 unspecified atom stereocenters. The number of nitrogens with one attached hydrogen (secondary N) is 2. The van der Waals surface area contributed by atoms with E-state index in [-0.39, 0.29) is 10.5 Å². The van der Waals surface area contributed by atoms with Crippen LogP contribution in [0.3, 0.4) is 0 Å². The van der Waals surface area contributed by atoms with Crippen LogP contribution in [0.1, 0.15) is 31.8 Å². The van der Waals surface area contributed by atoms with Crippen LogP contribution in [0.5, 0.6) is 0 Å². The number of amides is 1. The second-order valence-corrected chi connectivity index (χ2v) is 8.66. The molecular formula is C23H22N2O5S. The molecule has 160 valence electrons. The third kappa shape index (κ3) is 5.29. The van der Waals surface area contributed by atoms with Gasteiger partial charge in [0, 0.05) is 16.9 Å². The number of anilines is 2. The molecule has 0 spiro atoms. The van der Waals surface area contributed by atoms with Crippen molar-refractivity contribution < 1.29 is 22.7 Å². The Balaban J connectivity index is 1.84. The maximum atomic E-state index is 12.8. The molecule has 0 aliphatic carbocycles. The maximum absolute atomic E-state index is 12.8. The average Bonchev–Trinajstić information content (AvgIpc) is 2.74. The Kier molecular flexibility index (Phi) is 6.41. The smallest absolute Gasteiger partial charge is 0.337 e. The minimum atomic E-state index is -3.88. The summed E-state index contributed by atoms with van der Waals surface area (Å²) < 4.78 is 32.7. The Labute approximate surface area is 181 Å². The molecule has 8 heteroatoms. The van der Waals surface area contributed by atoms with Crippen LogP contribution in [-0.4, -0.2) is 27.4 Å². The molecule has 0 bridgehead atoms. The zero-order valence-corrected chi connectivity index (χ0v) is 18.1. The molecule has 0 heterocycles. The summed E-state index contributed by atoms with van der Waals surface area (Å²) in [5.41, 5.74) is 2.98. The second kappa shape index (κ2) is 9.01. The minimum absolute atomic E-state index is 0.0401. The van der Waals surface area contributed by atoms with Crippen LogP contribution in [0.25, 0.3) is 0 Å². The van der Waals surface area contributed by atoms with Gasteiger partial charge in [0.1, 0.15) is 0 Å². The second-order valence-electron chi connectivity index (χ2n) is 6.98. The van der Waals surface area contributed by atoms with Crippen LogP contribution < -0.4 is 10.0 Å². The number of aryl methyl sites for hydroxylation is 2. The van der Waals surface area contributed by atoms with Crippen molar-refractivity contribution in [1.82, 2.24) is 0 Å². The molecule has 0 saturated heterocycles. The summed E-state index contributed by atoms with van der Waals surface area (Å²) in [5.74, 6) is -1.02. The van der Waals surface area contributed by atoms with E-state index in [9.17, 15) is 18.0 Å². The molecule has 1 amide bonds. The molecule has 0 saturated carbocycles. The lowest BCUT2D eigenvalue weighted by Crippen LogP contribution is -2.16. The standard InChI is InChI=1S/C23H22N2O5S/c1-15-6-4-8-19(12-15)25-31(28,29)20-9-5-7-17(13-20)22(26)24-21-14-18(23(27)30-3)11-10-16(21)2/h4-14,25H,1-3H3,(H,24,26). The summed E-state index contributed by atoms with van der Waals surface area (Å²) in [6, 6.07) is 17.5. The lowest BCUT2D eigenvalue weighted by molar-refractivity contribution is 0.0600. The molecule has 0 fully saturated rings. The average molecular weight is 439 g/mol. The Morgan fingerprint density at radius 2 is 1.61 bits per heavy atom. The first-order valence-corrected chi connectivity index (χ1v) is 10.9. The maximum Gasteiger partial charge on any atom is 0.337 e. The van der Waals surface area contributed by atoms with E-state index < -0.39 is 21.9 Å². The Morgan fingerprint density at radius 3 is 2.32 bits per heavy atom. The zero-order chi connectivity index (χ0) is 22.6. The van der Waals surface area contributed by atoms with Gasteiger partial charge in [0.25, 0.3) is 15.9 Å². The SMILES string of the molecule is COC(=O)c1ccc(C)c(NC(=O)c2cccc(S(=O)(=O)Nc3cccc(C)c3)c2)c1. The first-order valence-electron chi connectivity index (χ1n) is 9.39.